The van der Waals surface area contributed by atoms with E-state index in [-0.39, 0.29) is 18.0 Å². The van der Waals surface area contributed by atoms with Crippen molar-refractivity contribution in [2.75, 3.05) is 40.0 Å². The zero-order chi connectivity index (χ0) is 25.7. The van der Waals surface area contributed by atoms with Gasteiger partial charge in [0.2, 0.25) is 0 Å². The summed E-state index contributed by atoms with van der Waals surface area (Å²) in [6, 6.07) is 18.4. The van der Waals surface area contributed by atoms with Gasteiger partial charge < -0.3 is 14.2 Å². The Labute approximate surface area is 219 Å². The van der Waals surface area contributed by atoms with Crippen LogP contribution >= 0.6 is 11.6 Å². The molecule has 2 atom stereocenters. The molecular formula is C30H36ClNO4. The minimum atomic E-state index is -0.279. The van der Waals surface area contributed by atoms with Crippen LogP contribution in [-0.2, 0) is 20.7 Å². The minimum Gasteiger partial charge on any atom is -0.495 e. The van der Waals surface area contributed by atoms with Crippen LogP contribution in [0.2, 0.25) is 5.02 Å². The van der Waals surface area contributed by atoms with Crippen LogP contribution in [0.3, 0.4) is 0 Å². The highest BCUT2D eigenvalue weighted by atomic mass is 35.5. The molecule has 0 N–H and O–H groups in total. The number of fused-ring (bicyclic) bond motifs is 1. The van der Waals surface area contributed by atoms with Gasteiger partial charge in [-0.15, -0.1) is 0 Å². The summed E-state index contributed by atoms with van der Waals surface area (Å²) in [4.78, 5) is 14.9. The zero-order valence-electron chi connectivity index (χ0n) is 21.6. The third-order valence-corrected chi connectivity index (χ3v) is 7.20. The summed E-state index contributed by atoms with van der Waals surface area (Å²) in [6.07, 6.45) is 1.00. The number of ether oxygens (including phenoxy) is 3. The smallest absolute Gasteiger partial charge is 0.313 e. The van der Waals surface area contributed by atoms with Crippen molar-refractivity contribution in [1.82, 2.24) is 4.90 Å². The van der Waals surface area contributed by atoms with E-state index >= 15 is 0 Å². The van der Waals surface area contributed by atoms with E-state index in [1.165, 1.54) is 5.56 Å². The Morgan fingerprint density at radius 1 is 1.11 bits per heavy atom. The van der Waals surface area contributed by atoms with Crippen molar-refractivity contribution in [2.24, 2.45) is 5.92 Å². The topological polar surface area (TPSA) is 48.0 Å². The van der Waals surface area contributed by atoms with Crippen LogP contribution in [0.5, 0.6) is 5.75 Å². The molecule has 5 nitrogen and oxygen atoms in total. The molecule has 0 radical (unpaired) electrons. The van der Waals surface area contributed by atoms with Gasteiger partial charge in [0.25, 0.3) is 0 Å². The normalized spacial score (nSPS) is 17.3. The highest BCUT2D eigenvalue weighted by Gasteiger charge is 2.23. The van der Waals surface area contributed by atoms with Gasteiger partial charge in [-0.3, -0.25) is 9.69 Å². The van der Waals surface area contributed by atoms with E-state index in [4.69, 9.17) is 25.8 Å². The predicted molar refractivity (Wildman–Crippen MR) is 145 cm³/mol. The quantitative estimate of drug-likeness (QED) is 0.311. The first-order chi connectivity index (χ1) is 17.4. The first-order valence-corrected chi connectivity index (χ1v) is 13.1. The SMILES string of the molecule is COc1ccc2cc(C3CN(CCOC(=O)C(C)c4ccc(CC(C)C)cc4)CCO3)ccc2c1Cl. The highest BCUT2D eigenvalue weighted by molar-refractivity contribution is 6.37. The van der Waals surface area contributed by atoms with Crippen molar-refractivity contribution in [2.45, 2.75) is 39.2 Å². The molecule has 3 aromatic rings. The van der Waals surface area contributed by atoms with E-state index in [1.807, 2.05) is 37.3 Å². The molecule has 36 heavy (non-hydrogen) atoms. The molecule has 192 valence electrons. The molecule has 0 aliphatic carbocycles. The first kappa shape index (κ1) is 26.5. The van der Waals surface area contributed by atoms with Crippen LogP contribution in [0, 0.1) is 5.92 Å². The number of benzene rings is 3. The number of rotatable bonds is 9. The number of hydrogen-bond donors (Lipinski definition) is 0. The van der Waals surface area contributed by atoms with E-state index in [0.717, 1.165) is 41.4 Å². The Balaban J connectivity index is 1.29. The number of morpholine rings is 1. The van der Waals surface area contributed by atoms with E-state index in [1.54, 1.807) is 7.11 Å². The summed E-state index contributed by atoms with van der Waals surface area (Å²) in [5, 5.41) is 2.64. The van der Waals surface area contributed by atoms with Gasteiger partial charge in [0.15, 0.2) is 0 Å². The maximum Gasteiger partial charge on any atom is 0.313 e. The second kappa shape index (κ2) is 12.1. The van der Waals surface area contributed by atoms with Crippen LogP contribution in [0.25, 0.3) is 10.8 Å². The average molecular weight is 510 g/mol. The third-order valence-electron chi connectivity index (χ3n) is 6.81. The van der Waals surface area contributed by atoms with Crippen molar-refractivity contribution >= 4 is 28.3 Å². The summed E-state index contributed by atoms with van der Waals surface area (Å²) in [5.74, 6) is 0.822. The summed E-state index contributed by atoms with van der Waals surface area (Å²) in [7, 11) is 1.62. The van der Waals surface area contributed by atoms with Gasteiger partial charge in [-0.05, 0) is 53.5 Å². The summed E-state index contributed by atoms with van der Waals surface area (Å²) >= 11 is 6.47. The Morgan fingerprint density at radius 3 is 2.61 bits per heavy atom. The van der Waals surface area contributed by atoms with Crippen LogP contribution in [0.4, 0.5) is 0 Å². The predicted octanol–water partition coefficient (Wildman–Crippen LogP) is 6.42. The summed E-state index contributed by atoms with van der Waals surface area (Å²) in [6.45, 7) is 9.58. The van der Waals surface area contributed by atoms with Crippen molar-refractivity contribution in [3.05, 3.63) is 76.3 Å². The van der Waals surface area contributed by atoms with Gasteiger partial charge >= 0.3 is 5.97 Å². The largest absolute Gasteiger partial charge is 0.495 e. The lowest BCUT2D eigenvalue weighted by Gasteiger charge is -2.33. The van der Waals surface area contributed by atoms with Gasteiger partial charge in [0.1, 0.15) is 12.4 Å². The Morgan fingerprint density at radius 2 is 1.89 bits per heavy atom. The standard InChI is InChI=1S/C30H36ClNO4/c1-20(2)17-22-5-7-23(8-6-22)21(3)30(33)36-16-14-32-13-15-35-28(19-32)25-9-11-26-24(18-25)10-12-27(34-4)29(26)31/h5-12,18,20-21,28H,13-17,19H2,1-4H3. The summed E-state index contributed by atoms with van der Waals surface area (Å²) < 4.78 is 17.0. The molecule has 0 spiro atoms. The monoisotopic (exact) mass is 509 g/mol. The number of halogens is 1. The number of carbonyl (C=O) groups is 1. The fourth-order valence-corrected chi connectivity index (χ4v) is 5.02. The van der Waals surface area contributed by atoms with Crippen LogP contribution in [0.1, 0.15) is 49.5 Å². The molecule has 1 fully saturated rings. The maximum absolute atomic E-state index is 12.6. The number of hydrogen-bond acceptors (Lipinski definition) is 5. The second-order valence-electron chi connectivity index (χ2n) is 9.95. The van der Waals surface area contributed by atoms with Crippen LogP contribution < -0.4 is 4.74 Å². The van der Waals surface area contributed by atoms with Crippen molar-refractivity contribution < 1.29 is 19.0 Å². The van der Waals surface area contributed by atoms with Gasteiger partial charge in [0, 0.05) is 25.0 Å². The summed E-state index contributed by atoms with van der Waals surface area (Å²) in [5.41, 5.74) is 3.40. The molecule has 3 aromatic carbocycles. The number of methoxy groups -OCH3 is 1. The lowest BCUT2D eigenvalue weighted by atomic mass is 9.97. The molecule has 1 aliphatic rings. The maximum atomic E-state index is 12.6. The molecule has 1 heterocycles. The van der Waals surface area contributed by atoms with E-state index < -0.39 is 0 Å². The minimum absolute atomic E-state index is 0.0389. The third kappa shape index (κ3) is 6.39. The molecule has 1 saturated heterocycles. The van der Waals surface area contributed by atoms with Gasteiger partial charge in [0.05, 0.1) is 30.8 Å². The number of nitrogens with zero attached hydrogens (tertiary/aromatic N) is 1. The van der Waals surface area contributed by atoms with Crippen molar-refractivity contribution in [3.8, 4) is 5.75 Å². The lowest BCUT2D eigenvalue weighted by Crippen LogP contribution is -2.40. The molecule has 0 bridgehead atoms. The molecule has 1 aliphatic heterocycles. The molecular weight excluding hydrogens is 474 g/mol. The molecule has 0 aromatic heterocycles. The van der Waals surface area contributed by atoms with Gasteiger partial charge in [-0.1, -0.05) is 67.9 Å². The Hall–Kier alpha value is -2.60. The first-order valence-electron chi connectivity index (χ1n) is 12.7. The second-order valence-corrected chi connectivity index (χ2v) is 10.3. The Kier molecular flexibility index (Phi) is 8.89. The highest BCUT2D eigenvalue weighted by Crippen LogP contribution is 2.34. The average Bonchev–Trinajstić information content (AvgIpc) is 2.88. The molecule has 4 rings (SSSR count). The number of carbonyl (C=O) groups excluding carboxylic acids is 1. The van der Waals surface area contributed by atoms with E-state index in [0.29, 0.717) is 36.4 Å². The van der Waals surface area contributed by atoms with Crippen LogP contribution in [0.15, 0.2) is 54.6 Å². The Bertz CT molecular complexity index is 1180. The molecule has 0 saturated carbocycles. The number of esters is 1. The fourth-order valence-electron chi connectivity index (χ4n) is 4.71. The van der Waals surface area contributed by atoms with Crippen LogP contribution in [-0.4, -0.2) is 50.8 Å². The molecule has 2 unspecified atom stereocenters. The van der Waals surface area contributed by atoms with E-state index in [9.17, 15) is 4.79 Å². The fraction of sp³-hybridized carbons (Fsp3) is 0.433. The molecule has 0 amide bonds. The zero-order valence-corrected chi connectivity index (χ0v) is 22.4. The van der Waals surface area contributed by atoms with E-state index in [2.05, 4.69) is 43.0 Å². The van der Waals surface area contributed by atoms with Crippen molar-refractivity contribution in [1.29, 1.82) is 0 Å². The van der Waals surface area contributed by atoms with Gasteiger partial charge in [-0.25, -0.2) is 0 Å². The molecule has 6 heteroatoms. The van der Waals surface area contributed by atoms with Gasteiger partial charge in [-0.2, -0.15) is 0 Å². The van der Waals surface area contributed by atoms with Crippen molar-refractivity contribution in [3.63, 3.8) is 0 Å². The lowest BCUT2D eigenvalue weighted by molar-refractivity contribution is -0.146.